The molecule has 0 aliphatic carbocycles. The maximum absolute atomic E-state index is 13.5. The van der Waals surface area contributed by atoms with Gasteiger partial charge in [-0.1, -0.05) is 48.2 Å². The second-order valence-corrected chi connectivity index (χ2v) is 8.68. The monoisotopic (exact) mass is 453 g/mol. The summed E-state index contributed by atoms with van der Waals surface area (Å²) in [6.45, 7) is 4.02. The molecule has 0 saturated heterocycles. The van der Waals surface area contributed by atoms with Crippen LogP contribution in [0.25, 0.3) is 6.08 Å². The highest BCUT2D eigenvalue weighted by Gasteiger charge is 2.32. The number of thioether (sulfide) groups is 1. The minimum atomic E-state index is -0.174. The Bertz CT molecular complexity index is 1280. The molecule has 164 valence electrons. The number of carbonyl (C=O) groups excluding carboxylic acids is 1. The molecule has 0 N–H and O–H groups in total. The Morgan fingerprint density at radius 2 is 1.76 bits per heavy atom. The van der Waals surface area contributed by atoms with Crippen molar-refractivity contribution in [2.75, 3.05) is 12.0 Å². The van der Waals surface area contributed by atoms with Crippen molar-refractivity contribution in [2.24, 2.45) is 4.99 Å². The Morgan fingerprint density at radius 1 is 1.06 bits per heavy atom. The highest BCUT2D eigenvalue weighted by molar-refractivity contribution is 8.13. The zero-order valence-corrected chi connectivity index (χ0v) is 19.5. The zero-order chi connectivity index (χ0) is 23.4. The van der Waals surface area contributed by atoms with E-state index in [4.69, 9.17) is 9.73 Å². The van der Waals surface area contributed by atoms with Gasteiger partial charge in [-0.2, -0.15) is 5.26 Å². The van der Waals surface area contributed by atoms with Crippen LogP contribution in [0.4, 0.5) is 5.69 Å². The fraction of sp³-hybridized carbons (Fsp3) is 0.148. The smallest absolute Gasteiger partial charge is 0.283 e. The van der Waals surface area contributed by atoms with Gasteiger partial charge < -0.3 is 4.74 Å². The topological polar surface area (TPSA) is 65.7 Å². The van der Waals surface area contributed by atoms with Crippen molar-refractivity contribution in [3.8, 4) is 11.8 Å². The van der Waals surface area contributed by atoms with Crippen LogP contribution in [0.5, 0.6) is 5.75 Å². The van der Waals surface area contributed by atoms with E-state index in [1.165, 1.54) is 11.8 Å². The third kappa shape index (κ3) is 5.00. The Morgan fingerprint density at radius 3 is 2.42 bits per heavy atom. The van der Waals surface area contributed by atoms with Gasteiger partial charge in [-0.15, -0.1) is 0 Å². The number of carbonyl (C=O) groups is 1. The van der Waals surface area contributed by atoms with Gasteiger partial charge in [0.1, 0.15) is 11.4 Å². The molecule has 1 heterocycles. The first-order valence-corrected chi connectivity index (χ1v) is 11.4. The molecule has 0 atom stereocenters. The number of nitriles is 1. The summed E-state index contributed by atoms with van der Waals surface area (Å²) in [5.41, 5.74) is 5.71. The molecule has 6 heteroatoms. The van der Waals surface area contributed by atoms with Crippen LogP contribution in [0.2, 0.25) is 0 Å². The van der Waals surface area contributed by atoms with Gasteiger partial charge in [-0.05, 0) is 72.5 Å². The van der Waals surface area contributed by atoms with E-state index in [-0.39, 0.29) is 5.91 Å². The van der Waals surface area contributed by atoms with Crippen molar-refractivity contribution >= 4 is 34.6 Å². The summed E-state index contributed by atoms with van der Waals surface area (Å²) in [5, 5.41) is 10.0. The Kier molecular flexibility index (Phi) is 6.62. The van der Waals surface area contributed by atoms with Gasteiger partial charge >= 0.3 is 0 Å². The first kappa shape index (κ1) is 22.4. The summed E-state index contributed by atoms with van der Waals surface area (Å²) in [5.74, 6) is 1.11. The summed E-state index contributed by atoms with van der Waals surface area (Å²) >= 11 is 1.45. The molecule has 4 rings (SSSR count). The molecular formula is C27H23N3O2S. The minimum Gasteiger partial charge on any atom is -0.497 e. The number of rotatable bonds is 5. The second kappa shape index (κ2) is 9.76. The predicted octanol–water partition coefficient (Wildman–Crippen LogP) is 5.86. The van der Waals surface area contributed by atoms with Crippen LogP contribution in [0, 0.1) is 25.2 Å². The summed E-state index contributed by atoms with van der Waals surface area (Å²) < 4.78 is 5.22. The highest BCUT2D eigenvalue weighted by Crippen LogP contribution is 2.32. The van der Waals surface area contributed by atoms with Crippen molar-refractivity contribution in [3.05, 3.63) is 100 Å². The van der Waals surface area contributed by atoms with Crippen LogP contribution in [0.1, 0.15) is 27.8 Å². The molecule has 0 spiro atoms. The maximum atomic E-state index is 13.5. The number of benzene rings is 3. The summed E-state index contributed by atoms with van der Waals surface area (Å²) in [6.07, 6.45) is 1.79. The van der Waals surface area contributed by atoms with Crippen molar-refractivity contribution in [3.63, 3.8) is 0 Å². The third-order valence-corrected chi connectivity index (χ3v) is 6.20. The molecule has 0 fully saturated rings. The molecule has 5 nitrogen and oxygen atoms in total. The number of aliphatic imine (C=N–C) groups is 1. The standard InChI is InChI=1S/C27H23N3O2S/c1-18-12-19(2)14-23(13-18)30-26(31)25(15-20-8-10-24(32-3)11-9-20)29-27(30)33-17-22-7-5-4-6-21(22)16-28/h4-15H,17H2,1-3H3/b25-15-. The van der Waals surface area contributed by atoms with Crippen molar-refractivity contribution in [1.82, 2.24) is 0 Å². The Labute approximate surface area is 198 Å². The molecule has 1 aliphatic heterocycles. The molecule has 0 unspecified atom stereocenters. The molecule has 3 aromatic carbocycles. The lowest BCUT2D eigenvalue weighted by atomic mass is 10.1. The SMILES string of the molecule is COc1ccc(/C=C2\N=C(SCc3ccccc3C#N)N(c3cc(C)cc(C)c3)C2=O)cc1. The van der Waals surface area contributed by atoms with E-state index in [1.54, 1.807) is 24.2 Å². The van der Waals surface area contributed by atoms with Crippen molar-refractivity contribution in [1.29, 1.82) is 5.26 Å². The van der Waals surface area contributed by atoms with Crippen LogP contribution in [-0.4, -0.2) is 18.2 Å². The summed E-state index contributed by atoms with van der Waals surface area (Å²) in [6, 6.07) is 23.3. The molecule has 0 aromatic heterocycles. The van der Waals surface area contributed by atoms with Gasteiger partial charge in [0, 0.05) is 5.75 Å². The van der Waals surface area contributed by atoms with E-state index in [0.717, 1.165) is 33.7 Å². The molecule has 1 amide bonds. The number of nitrogens with zero attached hydrogens (tertiary/aromatic N) is 3. The normalized spacial score (nSPS) is 14.4. The lowest BCUT2D eigenvalue weighted by molar-refractivity contribution is -0.113. The fourth-order valence-corrected chi connectivity index (χ4v) is 4.67. The molecule has 3 aromatic rings. The lowest BCUT2D eigenvalue weighted by Crippen LogP contribution is -2.30. The fourth-order valence-electron chi connectivity index (χ4n) is 3.66. The molecule has 0 bridgehead atoms. The summed E-state index contributed by atoms with van der Waals surface area (Å²) in [7, 11) is 1.62. The van der Waals surface area contributed by atoms with Crippen LogP contribution in [0.3, 0.4) is 0 Å². The average molecular weight is 454 g/mol. The van der Waals surface area contributed by atoms with Gasteiger partial charge in [-0.3, -0.25) is 9.69 Å². The first-order valence-electron chi connectivity index (χ1n) is 10.5. The minimum absolute atomic E-state index is 0.174. The van der Waals surface area contributed by atoms with Crippen LogP contribution >= 0.6 is 11.8 Å². The van der Waals surface area contributed by atoms with Gasteiger partial charge in [0.25, 0.3) is 5.91 Å². The zero-order valence-electron chi connectivity index (χ0n) is 18.7. The number of amidine groups is 1. The number of hydrogen-bond acceptors (Lipinski definition) is 5. The average Bonchev–Trinajstić information content (AvgIpc) is 3.12. The van der Waals surface area contributed by atoms with Gasteiger partial charge in [-0.25, -0.2) is 4.99 Å². The number of hydrogen-bond donors (Lipinski definition) is 0. The number of aryl methyl sites for hydroxylation is 2. The van der Waals surface area contributed by atoms with Crippen LogP contribution in [-0.2, 0) is 10.5 Å². The molecule has 1 aliphatic rings. The van der Waals surface area contributed by atoms with Crippen LogP contribution in [0.15, 0.2) is 77.4 Å². The van der Waals surface area contributed by atoms with Gasteiger partial charge in [0.05, 0.1) is 24.4 Å². The van der Waals surface area contributed by atoms with Gasteiger partial charge in [0.2, 0.25) is 0 Å². The van der Waals surface area contributed by atoms with E-state index in [0.29, 0.717) is 22.2 Å². The van der Waals surface area contributed by atoms with E-state index in [9.17, 15) is 10.1 Å². The molecule has 0 radical (unpaired) electrons. The lowest BCUT2D eigenvalue weighted by Gasteiger charge is -2.19. The van der Waals surface area contributed by atoms with E-state index in [1.807, 2.05) is 68.4 Å². The predicted molar refractivity (Wildman–Crippen MR) is 134 cm³/mol. The van der Waals surface area contributed by atoms with Crippen LogP contribution < -0.4 is 9.64 Å². The van der Waals surface area contributed by atoms with E-state index < -0.39 is 0 Å². The van der Waals surface area contributed by atoms with Gasteiger partial charge in [0.15, 0.2) is 5.17 Å². The molecule has 33 heavy (non-hydrogen) atoms. The maximum Gasteiger partial charge on any atom is 0.283 e. The summed E-state index contributed by atoms with van der Waals surface area (Å²) in [4.78, 5) is 19.8. The number of ether oxygens (including phenoxy) is 1. The number of amides is 1. The van der Waals surface area contributed by atoms with E-state index >= 15 is 0 Å². The number of anilines is 1. The quantitative estimate of drug-likeness (QED) is 0.454. The molecular weight excluding hydrogens is 430 g/mol. The highest BCUT2D eigenvalue weighted by atomic mass is 32.2. The van der Waals surface area contributed by atoms with Crippen molar-refractivity contribution in [2.45, 2.75) is 19.6 Å². The first-order chi connectivity index (χ1) is 16.0. The molecule has 0 saturated carbocycles. The van der Waals surface area contributed by atoms with Crippen molar-refractivity contribution < 1.29 is 9.53 Å². The largest absolute Gasteiger partial charge is 0.497 e. The third-order valence-electron chi connectivity index (χ3n) is 5.21. The Hall–Kier alpha value is -3.82. The second-order valence-electron chi connectivity index (χ2n) is 7.74. The Balaban J connectivity index is 1.70. The number of methoxy groups -OCH3 is 1. The van der Waals surface area contributed by atoms with E-state index in [2.05, 4.69) is 12.1 Å².